The van der Waals surface area contributed by atoms with Crippen LogP contribution in [-0.4, -0.2) is 46.4 Å². The molecule has 0 spiro atoms. The van der Waals surface area contributed by atoms with E-state index in [0.29, 0.717) is 5.71 Å². The van der Waals surface area contributed by atoms with Crippen LogP contribution in [-0.2, 0) is 14.3 Å². The highest BCUT2D eigenvalue weighted by molar-refractivity contribution is 6.47. The molecule has 8 nitrogen and oxygen atoms in total. The number of nitrogens with zero attached hydrogens (tertiary/aromatic N) is 3. The first-order chi connectivity index (χ1) is 11.9. The van der Waals surface area contributed by atoms with Gasteiger partial charge in [-0.3, -0.25) is 4.99 Å². The maximum Gasteiger partial charge on any atom is 0.425 e. The van der Waals surface area contributed by atoms with Gasteiger partial charge < -0.3 is 14.3 Å². The van der Waals surface area contributed by atoms with Crippen molar-refractivity contribution in [1.29, 1.82) is 0 Å². The number of rotatable bonds is 3. The van der Waals surface area contributed by atoms with Crippen molar-refractivity contribution >= 4 is 23.7 Å². The Morgan fingerprint density at radius 1 is 1.15 bits per heavy atom. The van der Waals surface area contributed by atoms with Crippen LogP contribution >= 0.6 is 0 Å². The first-order valence-corrected chi connectivity index (χ1v) is 8.62. The molecular formula is C18H29N3O5. The smallest absolute Gasteiger partial charge is 0.425 e. The molecule has 0 bridgehead atoms. The molecule has 0 unspecified atom stereocenters. The molecule has 1 aliphatic heterocycles. The Hall–Kier alpha value is -2.38. The maximum atomic E-state index is 12.6. The highest BCUT2D eigenvalue weighted by Crippen LogP contribution is 2.17. The van der Waals surface area contributed by atoms with Crippen LogP contribution in [0.25, 0.3) is 0 Å². The minimum Gasteiger partial charge on any atom is -0.443 e. The number of carbonyl (C=O) groups excluding carboxylic acids is 2. The third kappa shape index (κ3) is 7.25. The Morgan fingerprint density at radius 2 is 1.69 bits per heavy atom. The van der Waals surface area contributed by atoms with E-state index in [1.807, 2.05) is 6.08 Å². The highest BCUT2D eigenvalue weighted by atomic mass is 16.6. The molecule has 1 rings (SSSR count). The molecule has 0 atom stereocenters. The summed E-state index contributed by atoms with van der Waals surface area (Å²) in [6.07, 6.45) is 3.54. The van der Waals surface area contributed by atoms with Crippen molar-refractivity contribution in [1.82, 2.24) is 4.90 Å². The monoisotopic (exact) mass is 367 g/mol. The van der Waals surface area contributed by atoms with Crippen LogP contribution in [0.1, 0.15) is 61.3 Å². The summed E-state index contributed by atoms with van der Waals surface area (Å²) in [7, 11) is 0. The van der Waals surface area contributed by atoms with Gasteiger partial charge in [-0.25, -0.2) is 9.59 Å². The Morgan fingerprint density at radius 3 is 2.15 bits per heavy atom. The van der Waals surface area contributed by atoms with Crippen molar-refractivity contribution in [3.8, 4) is 0 Å². The summed E-state index contributed by atoms with van der Waals surface area (Å²) in [6, 6.07) is 0. The molecule has 0 N–H and O–H groups in total. The second-order valence-electron chi connectivity index (χ2n) is 7.73. The van der Waals surface area contributed by atoms with Crippen molar-refractivity contribution in [2.24, 2.45) is 10.1 Å². The number of imide groups is 1. The summed E-state index contributed by atoms with van der Waals surface area (Å²) in [5.74, 6) is -0.0327. The lowest BCUT2D eigenvalue weighted by atomic mass is 10.2. The zero-order valence-corrected chi connectivity index (χ0v) is 16.7. The van der Waals surface area contributed by atoms with E-state index >= 15 is 0 Å². The largest absolute Gasteiger partial charge is 0.443 e. The third-order valence-electron chi connectivity index (χ3n) is 2.77. The lowest BCUT2D eigenvalue weighted by Gasteiger charge is -2.27. The average Bonchev–Trinajstić information content (AvgIpc) is 2.88. The standard InChI is InChI=1S/C18H29N3O5/c1-8-9-10-11-19-13-12-24-20-14(13)21(15(22)25-17(2,3)4)16(23)26-18(5,6)7/h10-11H,8-9,12H2,1-7H3/b11-10-,19-13?. The highest BCUT2D eigenvalue weighted by Gasteiger charge is 2.39. The summed E-state index contributed by atoms with van der Waals surface area (Å²) in [5, 5.41) is 3.79. The van der Waals surface area contributed by atoms with Gasteiger partial charge in [-0.15, -0.1) is 0 Å². The Balaban J connectivity index is 3.14. The normalized spacial score (nSPS) is 16.4. The van der Waals surface area contributed by atoms with Crippen molar-refractivity contribution in [3.63, 3.8) is 0 Å². The van der Waals surface area contributed by atoms with E-state index in [1.165, 1.54) is 0 Å². The van der Waals surface area contributed by atoms with Gasteiger partial charge in [0, 0.05) is 6.20 Å². The number of aliphatic imine (C=N–C) groups is 1. The predicted octanol–water partition coefficient (Wildman–Crippen LogP) is 4.26. The summed E-state index contributed by atoms with van der Waals surface area (Å²) in [4.78, 5) is 35.2. The molecule has 0 saturated heterocycles. The van der Waals surface area contributed by atoms with E-state index < -0.39 is 23.4 Å². The van der Waals surface area contributed by atoms with Gasteiger partial charge in [0.15, 0.2) is 6.61 Å². The minimum absolute atomic E-state index is 0.0327. The second kappa shape index (κ2) is 8.82. The summed E-state index contributed by atoms with van der Waals surface area (Å²) in [5.41, 5.74) is -1.25. The number of hydrogen-bond acceptors (Lipinski definition) is 7. The molecule has 2 amide bonds. The summed E-state index contributed by atoms with van der Waals surface area (Å²) >= 11 is 0. The number of unbranched alkanes of at least 4 members (excludes halogenated alkanes) is 1. The molecule has 0 aliphatic carbocycles. The van der Waals surface area contributed by atoms with Crippen LogP contribution in [0.2, 0.25) is 0 Å². The van der Waals surface area contributed by atoms with E-state index in [2.05, 4.69) is 17.1 Å². The van der Waals surface area contributed by atoms with Gasteiger partial charge in [0.2, 0.25) is 5.84 Å². The molecular weight excluding hydrogens is 338 g/mol. The van der Waals surface area contributed by atoms with Gasteiger partial charge in [0.1, 0.15) is 16.9 Å². The second-order valence-corrected chi connectivity index (χ2v) is 7.73. The molecule has 1 heterocycles. The fraction of sp³-hybridized carbons (Fsp3) is 0.667. The molecule has 26 heavy (non-hydrogen) atoms. The topological polar surface area (TPSA) is 89.8 Å². The molecule has 0 saturated carbocycles. The van der Waals surface area contributed by atoms with E-state index in [9.17, 15) is 9.59 Å². The number of amides is 2. The van der Waals surface area contributed by atoms with Gasteiger partial charge in [-0.05, 0) is 48.0 Å². The van der Waals surface area contributed by atoms with E-state index in [-0.39, 0.29) is 12.4 Å². The van der Waals surface area contributed by atoms with Crippen molar-refractivity contribution in [3.05, 3.63) is 12.3 Å². The predicted molar refractivity (Wildman–Crippen MR) is 99.2 cm³/mol. The van der Waals surface area contributed by atoms with Gasteiger partial charge >= 0.3 is 12.2 Å². The van der Waals surface area contributed by atoms with Crippen LogP contribution in [0.5, 0.6) is 0 Å². The van der Waals surface area contributed by atoms with Crippen molar-refractivity contribution in [2.75, 3.05) is 6.61 Å². The van der Waals surface area contributed by atoms with E-state index in [1.54, 1.807) is 47.7 Å². The van der Waals surface area contributed by atoms with Gasteiger partial charge in [-0.1, -0.05) is 24.6 Å². The van der Waals surface area contributed by atoms with E-state index in [0.717, 1.165) is 17.7 Å². The quantitative estimate of drug-likeness (QED) is 0.743. The maximum absolute atomic E-state index is 12.6. The molecule has 146 valence electrons. The Kier molecular flexibility index (Phi) is 7.35. The van der Waals surface area contributed by atoms with Crippen LogP contribution in [0.4, 0.5) is 9.59 Å². The lowest BCUT2D eigenvalue weighted by molar-refractivity contribution is 0.0147. The molecule has 0 radical (unpaired) electrons. The van der Waals surface area contributed by atoms with E-state index in [4.69, 9.17) is 14.3 Å². The first kappa shape index (κ1) is 21.7. The molecule has 0 aromatic carbocycles. The zero-order chi connectivity index (χ0) is 20.0. The van der Waals surface area contributed by atoms with Crippen molar-refractivity contribution in [2.45, 2.75) is 72.5 Å². The number of hydrogen-bond donors (Lipinski definition) is 0. The molecule has 1 aliphatic rings. The number of ether oxygens (including phenoxy) is 2. The van der Waals surface area contributed by atoms with Gasteiger partial charge in [-0.2, -0.15) is 4.90 Å². The van der Waals surface area contributed by atoms with Crippen LogP contribution in [0, 0.1) is 0 Å². The first-order valence-electron chi connectivity index (χ1n) is 8.62. The fourth-order valence-corrected chi connectivity index (χ4v) is 1.78. The van der Waals surface area contributed by atoms with Gasteiger partial charge in [0.25, 0.3) is 0 Å². The number of carbonyl (C=O) groups is 2. The number of oxime groups is 1. The summed E-state index contributed by atoms with van der Waals surface area (Å²) in [6.45, 7) is 12.3. The molecule has 8 heteroatoms. The third-order valence-corrected chi connectivity index (χ3v) is 2.77. The van der Waals surface area contributed by atoms with Crippen molar-refractivity contribution < 1.29 is 23.9 Å². The van der Waals surface area contributed by atoms with Gasteiger partial charge in [0.05, 0.1) is 0 Å². The molecule has 0 aromatic heterocycles. The zero-order valence-electron chi connectivity index (χ0n) is 16.7. The molecule has 0 fully saturated rings. The average molecular weight is 367 g/mol. The summed E-state index contributed by atoms with van der Waals surface area (Å²) < 4.78 is 10.6. The lowest BCUT2D eigenvalue weighted by Crippen LogP contribution is -2.48. The number of amidine groups is 1. The number of allylic oxidation sites excluding steroid dienone is 1. The fourth-order valence-electron chi connectivity index (χ4n) is 1.78. The Labute approximate surface area is 154 Å². The van der Waals surface area contributed by atoms with Crippen LogP contribution in [0.15, 0.2) is 22.4 Å². The minimum atomic E-state index is -0.902. The Bertz CT molecular complexity index is 581. The SMILES string of the molecule is CCC/C=C\N=C1CON=C1N(C(=O)OC(C)(C)C)C(=O)OC(C)(C)C. The molecule has 0 aromatic rings. The van der Waals surface area contributed by atoms with Crippen LogP contribution in [0.3, 0.4) is 0 Å². The van der Waals surface area contributed by atoms with Crippen LogP contribution < -0.4 is 0 Å².